The maximum absolute atomic E-state index is 6.01. The lowest BCUT2D eigenvalue weighted by Crippen LogP contribution is -2.15. The molecule has 2 aromatic rings. The number of rotatable bonds is 6. The van der Waals surface area contributed by atoms with Crippen LogP contribution in [0.2, 0.25) is 0 Å². The molecule has 1 aromatic carbocycles. The Labute approximate surface area is 130 Å². The molecule has 0 radical (unpaired) electrons. The van der Waals surface area contributed by atoms with E-state index < -0.39 is 0 Å². The maximum Gasteiger partial charge on any atom is 0.125 e. The molecule has 0 aliphatic heterocycles. The second-order valence-corrected chi connectivity index (χ2v) is 7.17. The van der Waals surface area contributed by atoms with E-state index in [0.717, 1.165) is 23.3 Å². The second-order valence-electron chi connectivity index (χ2n) is 5.85. The lowest BCUT2D eigenvalue weighted by Gasteiger charge is -2.14. The Morgan fingerprint density at radius 2 is 1.95 bits per heavy atom. The van der Waals surface area contributed by atoms with Crippen LogP contribution in [0.15, 0.2) is 18.3 Å². The Hall–Kier alpha value is -1.39. The number of benzene rings is 1. The SMILES string of the molecule is Cc1ncc(COc2c(C)cc(CNC3CC3)cc2C)s1. The zero-order chi connectivity index (χ0) is 14.8. The predicted octanol–water partition coefficient (Wildman–Crippen LogP) is 3.90. The molecule has 1 N–H and O–H groups in total. The number of aromatic nitrogens is 1. The van der Waals surface area contributed by atoms with E-state index in [2.05, 4.69) is 36.3 Å². The van der Waals surface area contributed by atoms with Crippen molar-refractivity contribution in [1.29, 1.82) is 0 Å². The van der Waals surface area contributed by atoms with E-state index in [1.54, 1.807) is 11.3 Å². The molecule has 21 heavy (non-hydrogen) atoms. The zero-order valence-corrected chi connectivity index (χ0v) is 13.7. The smallest absolute Gasteiger partial charge is 0.125 e. The van der Waals surface area contributed by atoms with Crippen molar-refractivity contribution < 1.29 is 4.74 Å². The summed E-state index contributed by atoms with van der Waals surface area (Å²) in [6, 6.07) is 5.21. The molecule has 1 saturated carbocycles. The van der Waals surface area contributed by atoms with Gasteiger partial charge in [0.25, 0.3) is 0 Å². The number of nitrogens with zero attached hydrogens (tertiary/aromatic N) is 1. The van der Waals surface area contributed by atoms with Crippen molar-refractivity contribution in [2.45, 2.75) is 52.8 Å². The van der Waals surface area contributed by atoms with Gasteiger partial charge in [-0.05, 0) is 50.3 Å². The number of nitrogens with one attached hydrogen (secondary N) is 1. The van der Waals surface area contributed by atoms with Gasteiger partial charge in [0.15, 0.2) is 0 Å². The van der Waals surface area contributed by atoms with E-state index in [1.165, 1.54) is 34.4 Å². The van der Waals surface area contributed by atoms with Crippen LogP contribution in [0.3, 0.4) is 0 Å². The Bertz CT molecular complexity index is 608. The molecular weight excluding hydrogens is 280 g/mol. The molecule has 1 aromatic heterocycles. The number of hydrogen-bond donors (Lipinski definition) is 1. The maximum atomic E-state index is 6.01. The summed E-state index contributed by atoms with van der Waals surface area (Å²) >= 11 is 1.69. The minimum Gasteiger partial charge on any atom is -0.487 e. The van der Waals surface area contributed by atoms with Crippen molar-refractivity contribution in [3.05, 3.63) is 44.9 Å². The van der Waals surface area contributed by atoms with Crippen molar-refractivity contribution in [2.75, 3.05) is 0 Å². The summed E-state index contributed by atoms with van der Waals surface area (Å²) in [5, 5.41) is 4.65. The Balaban J connectivity index is 1.66. The molecule has 4 heteroatoms. The highest BCUT2D eigenvalue weighted by atomic mass is 32.1. The Morgan fingerprint density at radius 3 is 2.52 bits per heavy atom. The monoisotopic (exact) mass is 302 g/mol. The molecule has 0 atom stereocenters. The fourth-order valence-corrected chi connectivity index (χ4v) is 3.24. The van der Waals surface area contributed by atoms with Crippen molar-refractivity contribution in [3.8, 4) is 5.75 Å². The molecular formula is C17H22N2OS. The third kappa shape index (κ3) is 3.83. The molecule has 0 unspecified atom stereocenters. The van der Waals surface area contributed by atoms with E-state index in [-0.39, 0.29) is 0 Å². The van der Waals surface area contributed by atoms with Crippen LogP contribution in [0.25, 0.3) is 0 Å². The first kappa shape index (κ1) is 14.5. The Kier molecular flexibility index (Phi) is 4.27. The number of ether oxygens (including phenoxy) is 1. The van der Waals surface area contributed by atoms with Crippen LogP contribution in [0.5, 0.6) is 5.75 Å². The average molecular weight is 302 g/mol. The minimum atomic E-state index is 0.604. The van der Waals surface area contributed by atoms with Crippen LogP contribution in [0, 0.1) is 20.8 Å². The molecule has 1 fully saturated rings. The Morgan fingerprint density at radius 1 is 1.24 bits per heavy atom. The topological polar surface area (TPSA) is 34.1 Å². The largest absolute Gasteiger partial charge is 0.487 e. The highest BCUT2D eigenvalue weighted by Crippen LogP contribution is 2.27. The predicted molar refractivity (Wildman–Crippen MR) is 87.0 cm³/mol. The van der Waals surface area contributed by atoms with Gasteiger partial charge in [0.05, 0.1) is 9.88 Å². The van der Waals surface area contributed by atoms with Gasteiger partial charge >= 0.3 is 0 Å². The number of hydrogen-bond acceptors (Lipinski definition) is 4. The summed E-state index contributed by atoms with van der Waals surface area (Å²) < 4.78 is 6.01. The van der Waals surface area contributed by atoms with Gasteiger partial charge in [0, 0.05) is 18.8 Å². The first-order chi connectivity index (χ1) is 10.1. The number of thiazole rings is 1. The molecule has 0 saturated heterocycles. The molecule has 0 bridgehead atoms. The van der Waals surface area contributed by atoms with Crippen molar-refractivity contribution in [1.82, 2.24) is 10.3 Å². The molecule has 0 amide bonds. The third-order valence-electron chi connectivity index (χ3n) is 3.72. The van der Waals surface area contributed by atoms with Gasteiger partial charge in [-0.1, -0.05) is 12.1 Å². The molecule has 1 aliphatic rings. The summed E-state index contributed by atoms with van der Waals surface area (Å²) in [4.78, 5) is 5.44. The average Bonchev–Trinajstić information content (AvgIpc) is 3.17. The molecule has 3 nitrogen and oxygen atoms in total. The van der Waals surface area contributed by atoms with Gasteiger partial charge in [-0.15, -0.1) is 11.3 Å². The van der Waals surface area contributed by atoms with Crippen LogP contribution >= 0.6 is 11.3 Å². The minimum absolute atomic E-state index is 0.604. The van der Waals surface area contributed by atoms with Gasteiger partial charge < -0.3 is 10.1 Å². The lowest BCUT2D eigenvalue weighted by molar-refractivity contribution is 0.305. The fourth-order valence-electron chi connectivity index (χ4n) is 2.53. The van der Waals surface area contributed by atoms with Crippen LogP contribution in [-0.2, 0) is 13.2 Å². The summed E-state index contributed by atoms with van der Waals surface area (Å²) in [5.74, 6) is 1.01. The standard InChI is InChI=1S/C17H22N2OS/c1-11-6-14(8-19-15-4-5-15)7-12(2)17(11)20-10-16-9-18-13(3)21-16/h6-7,9,15,19H,4-5,8,10H2,1-3H3. The molecule has 1 heterocycles. The molecule has 112 valence electrons. The first-order valence-corrected chi connectivity index (χ1v) is 8.31. The summed E-state index contributed by atoms with van der Waals surface area (Å²) in [6.07, 6.45) is 4.56. The highest BCUT2D eigenvalue weighted by Gasteiger charge is 2.20. The van der Waals surface area contributed by atoms with Crippen LogP contribution < -0.4 is 10.1 Å². The number of aryl methyl sites for hydroxylation is 3. The summed E-state index contributed by atoms with van der Waals surface area (Å²) in [6.45, 7) is 7.83. The fraction of sp³-hybridized carbons (Fsp3) is 0.471. The lowest BCUT2D eigenvalue weighted by atomic mass is 10.1. The van der Waals surface area contributed by atoms with E-state index in [1.807, 2.05) is 13.1 Å². The third-order valence-corrected chi connectivity index (χ3v) is 4.61. The van der Waals surface area contributed by atoms with E-state index in [4.69, 9.17) is 4.74 Å². The van der Waals surface area contributed by atoms with Crippen LogP contribution in [0.4, 0.5) is 0 Å². The molecule has 3 rings (SSSR count). The van der Waals surface area contributed by atoms with Gasteiger partial charge in [0.1, 0.15) is 12.4 Å². The quantitative estimate of drug-likeness (QED) is 0.879. The molecule has 0 spiro atoms. The zero-order valence-electron chi connectivity index (χ0n) is 12.9. The normalized spacial score (nSPS) is 14.4. The van der Waals surface area contributed by atoms with E-state index in [0.29, 0.717) is 6.61 Å². The van der Waals surface area contributed by atoms with Crippen molar-refractivity contribution >= 4 is 11.3 Å². The van der Waals surface area contributed by atoms with Gasteiger partial charge in [-0.3, -0.25) is 0 Å². The van der Waals surface area contributed by atoms with E-state index >= 15 is 0 Å². The highest BCUT2D eigenvalue weighted by molar-refractivity contribution is 7.11. The molecule has 1 aliphatic carbocycles. The van der Waals surface area contributed by atoms with Gasteiger partial charge in [-0.25, -0.2) is 4.98 Å². The van der Waals surface area contributed by atoms with Gasteiger partial charge in [-0.2, -0.15) is 0 Å². The van der Waals surface area contributed by atoms with E-state index in [9.17, 15) is 0 Å². The second kappa shape index (κ2) is 6.16. The first-order valence-electron chi connectivity index (χ1n) is 7.49. The van der Waals surface area contributed by atoms with Crippen LogP contribution in [-0.4, -0.2) is 11.0 Å². The van der Waals surface area contributed by atoms with Crippen molar-refractivity contribution in [3.63, 3.8) is 0 Å². The van der Waals surface area contributed by atoms with Crippen molar-refractivity contribution in [2.24, 2.45) is 0 Å². The van der Waals surface area contributed by atoms with Gasteiger partial charge in [0.2, 0.25) is 0 Å². The summed E-state index contributed by atoms with van der Waals surface area (Å²) in [7, 11) is 0. The van der Waals surface area contributed by atoms with Crippen LogP contribution in [0.1, 0.15) is 39.4 Å². The summed E-state index contributed by atoms with van der Waals surface area (Å²) in [5.41, 5.74) is 3.77.